The van der Waals surface area contributed by atoms with Crippen molar-refractivity contribution in [3.63, 3.8) is 0 Å². The Balaban J connectivity index is 1.90. The zero-order valence-electron chi connectivity index (χ0n) is 14.1. The average molecular weight is 312 g/mol. The molecular formula is C18H24N4O. The summed E-state index contributed by atoms with van der Waals surface area (Å²) in [5.41, 5.74) is 2.60. The Bertz CT molecular complexity index is 678. The van der Waals surface area contributed by atoms with E-state index in [4.69, 9.17) is 0 Å². The van der Waals surface area contributed by atoms with E-state index in [1.165, 1.54) is 0 Å². The summed E-state index contributed by atoms with van der Waals surface area (Å²) >= 11 is 0. The van der Waals surface area contributed by atoms with E-state index in [-0.39, 0.29) is 11.9 Å². The Hall–Kier alpha value is -2.17. The van der Waals surface area contributed by atoms with E-state index < -0.39 is 0 Å². The molecule has 1 fully saturated rings. The van der Waals surface area contributed by atoms with Crippen LogP contribution in [0.2, 0.25) is 0 Å². The van der Waals surface area contributed by atoms with E-state index >= 15 is 0 Å². The second kappa shape index (κ2) is 6.52. The molecule has 1 saturated heterocycles. The van der Waals surface area contributed by atoms with Gasteiger partial charge in [0.25, 0.3) is 5.91 Å². The monoisotopic (exact) mass is 312 g/mol. The number of aromatic nitrogens is 3. The Kier molecular flexibility index (Phi) is 4.46. The van der Waals surface area contributed by atoms with Gasteiger partial charge in [0, 0.05) is 19.8 Å². The van der Waals surface area contributed by atoms with Gasteiger partial charge in [-0.05, 0) is 43.4 Å². The highest BCUT2D eigenvalue weighted by Crippen LogP contribution is 2.31. The third kappa shape index (κ3) is 3.14. The van der Waals surface area contributed by atoms with Crippen molar-refractivity contribution in [2.45, 2.75) is 45.1 Å². The van der Waals surface area contributed by atoms with E-state index in [1.54, 1.807) is 10.9 Å². The number of hydrogen-bond acceptors (Lipinski definition) is 3. The predicted molar refractivity (Wildman–Crippen MR) is 89.2 cm³/mol. The molecule has 0 aromatic carbocycles. The topological polar surface area (TPSA) is 51.0 Å². The Labute approximate surface area is 137 Å². The number of carbonyl (C=O) groups is 1. The van der Waals surface area contributed by atoms with Gasteiger partial charge in [0.15, 0.2) is 0 Å². The molecule has 0 spiro atoms. The van der Waals surface area contributed by atoms with Gasteiger partial charge in [0.05, 0.1) is 17.4 Å². The molecule has 1 aliphatic rings. The second-order valence-electron chi connectivity index (χ2n) is 6.50. The quantitative estimate of drug-likeness (QED) is 0.873. The number of likely N-dealkylation sites (tertiary alicyclic amines) is 1. The van der Waals surface area contributed by atoms with Crippen LogP contribution in [0.15, 0.2) is 30.5 Å². The average Bonchev–Trinajstić information content (AvgIpc) is 2.97. The highest BCUT2D eigenvalue weighted by molar-refractivity contribution is 5.93. The van der Waals surface area contributed by atoms with Gasteiger partial charge < -0.3 is 4.90 Å². The van der Waals surface area contributed by atoms with Gasteiger partial charge in [-0.15, -0.1) is 0 Å². The van der Waals surface area contributed by atoms with Gasteiger partial charge in [0.2, 0.25) is 0 Å². The van der Waals surface area contributed by atoms with E-state index in [0.29, 0.717) is 11.6 Å². The number of nitrogens with zero attached hydrogens (tertiary/aromatic N) is 4. The molecule has 0 unspecified atom stereocenters. The van der Waals surface area contributed by atoms with Crippen molar-refractivity contribution in [3.8, 4) is 0 Å². The molecule has 0 bridgehead atoms. The molecule has 0 saturated carbocycles. The normalized spacial score (nSPS) is 18.4. The molecule has 3 heterocycles. The summed E-state index contributed by atoms with van der Waals surface area (Å²) in [6.45, 7) is 4.96. The third-order valence-electron chi connectivity index (χ3n) is 4.50. The summed E-state index contributed by atoms with van der Waals surface area (Å²) in [6, 6.07) is 7.90. The molecule has 122 valence electrons. The highest BCUT2D eigenvalue weighted by atomic mass is 16.2. The molecule has 1 atom stereocenters. The first-order chi connectivity index (χ1) is 11.1. The van der Waals surface area contributed by atoms with Crippen LogP contribution < -0.4 is 0 Å². The summed E-state index contributed by atoms with van der Waals surface area (Å²) in [5, 5.41) is 4.48. The summed E-state index contributed by atoms with van der Waals surface area (Å²) in [6.07, 6.45) is 4.95. The lowest BCUT2D eigenvalue weighted by Gasteiger charge is -2.35. The van der Waals surface area contributed by atoms with Gasteiger partial charge in [-0.2, -0.15) is 5.10 Å². The SMILES string of the molecule is CC(C)c1cc(C(=O)N2CCCC[C@H]2c2ccccn2)n(C)n1. The summed E-state index contributed by atoms with van der Waals surface area (Å²) < 4.78 is 1.71. The number of amides is 1. The minimum absolute atomic E-state index is 0.0576. The fourth-order valence-corrected chi connectivity index (χ4v) is 3.17. The fraction of sp³-hybridized carbons (Fsp3) is 0.500. The maximum Gasteiger partial charge on any atom is 0.272 e. The van der Waals surface area contributed by atoms with Gasteiger partial charge in [0.1, 0.15) is 5.69 Å². The first kappa shape index (κ1) is 15.7. The molecule has 1 aliphatic heterocycles. The van der Waals surface area contributed by atoms with Crippen molar-refractivity contribution in [2.24, 2.45) is 7.05 Å². The number of piperidine rings is 1. The molecule has 5 heteroatoms. The molecule has 5 nitrogen and oxygen atoms in total. The van der Waals surface area contributed by atoms with Crippen LogP contribution in [0, 0.1) is 0 Å². The minimum Gasteiger partial charge on any atom is -0.329 e. The van der Waals surface area contributed by atoms with Crippen LogP contribution in [0.3, 0.4) is 0 Å². The van der Waals surface area contributed by atoms with Crippen LogP contribution in [0.5, 0.6) is 0 Å². The minimum atomic E-state index is 0.0576. The zero-order chi connectivity index (χ0) is 16.4. The molecule has 2 aromatic heterocycles. The van der Waals surface area contributed by atoms with Crippen LogP contribution in [0.4, 0.5) is 0 Å². The van der Waals surface area contributed by atoms with Crippen molar-refractivity contribution in [3.05, 3.63) is 47.5 Å². The van der Waals surface area contributed by atoms with Gasteiger partial charge in [-0.1, -0.05) is 19.9 Å². The molecule has 0 radical (unpaired) electrons. The second-order valence-corrected chi connectivity index (χ2v) is 6.50. The summed E-state index contributed by atoms with van der Waals surface area (Å²) in [5.74, 6) is 0.373. The smallest absolute Gasteiger partial charge is 0.272 e. The maximum atomic E-state index is 13.1. The molecule has 0 aliphatic carbocycles. The van der Waals surface area contributed by atoms with Gasteiger partial charge in [-0.25, -0.2) is 0 Å². The molecule has 2 aromatic rings. The van der Waals surface area contributed by atoms with Crippen LogP contribution in [0.1, 0.15) is 66.9 Å². The van der Waals surface area contributed by atoms with E-state index in [0.717, 1.165) is 37.2 Å². The molecule has 1 amide bonds. The van der Waals surface area contributed by atoms with Crippen molar-refractivity contribution < 1.29 is 4.79 Å². The highest BCUT2D eigenvalue weighted by Gasteiger charge is 2.31. The summed E-state index contributed by atoms with van der Waals surface area (Å²) in [7, 11) is 1.85. The van der Waals surface area contributed by atoms with Crippen LogP contribution in [-0.2, 0) is 7.05 Å². The van der Waals surface area contributed by atoms with E-state index in [2.05, 4.69) is 23.9 Å². The lowest BCUT2D eigenvalue weighted by Crippen LogP contribution is -2.39. The van der Waals surface area contributed by atoms with E-state index in [1.807, 2.05) is 36.2 Å². The number of pyridine rings is 1. The standard InChI is InChI=1S/C18H24N4O/c1-13(2)15-12-17(21(3)20-15)18(23)22-11-7-5-9-16(22)14-8-4-6-10-19-14/h4,6,8,10,12-13,16H,5,7,9,11H2,1-3H3/t16-/m0/s1. The van der Waals surface area contributed by atoms with Gasteiger partial charge >= 0.3 is 0 Å². The first-order valence-corrected chi connectivity index (χ1v) is 8.33. The van der Waals surface area contributed by atoms with Crippen molar-refractivity contribution >= 4 is 5.91 Å². The summed E-state index contributed by atoms with van der Waals surface area (Å²) in [4.78, 5) is 19.5. The molecule has 0 N–H and O–H groups in total. The van der Waals surface area contributed by atoms with Crippen molar-refractivity contribution in [1.82, 2.24) is 19.7 Å². The molecular weight excluding hydrogens is 288 g/mol. The number of aryl methyl sites for hydroxylation is 1. The van der Waals surface area contributed by atoms with Crippen LogP contribution >= 0.6 is 0 Å². The fourth-order valence-electron chi connectivity index (χ4n) is 3.17. The Morgan fingerprint density at radius 3 is 2.78 bits per heavy atom. The number of carbonyl (C=O) groups excluding carboxylic acids is 1. The zero-order valence-corrected chi connectivity index (χ0v) is 14.1. The molecule has 3 rings (SSSR count). The largest absolute Gasteiger partial charge is 0.329 e. The third-order valence-corrected chi connectivity index (χ3v) is 4.50. The number of hydrogen-bond donors (Lipinski definition) is 0. The Morgan fingerprint density at radius 2 is 2.13 bits per heavy atom. The first-order valence-electron chi connectivity index (χ1n) is 8.33. The number of rotatable bonds is 3. The van der Waals surface area contributed by atoms with Crippen LogP contribution in [0.25, 0.3) is 0 Å². The predicted octanol–water partition coefficient (Wildman–Crippen LogP) is 3.31. The molecule has 23 heavy (non-hydrogen) atoms. The van der Waals surface area contributed by atoms with Crippen molar-refractivity contribution in [2.75, 3.05) is 6.54 Å². The van der Waals surface area contributed by atoms with Crippen molar-refractivity contribution in [1.29, 1.82) is 0 Å². The van der Waals surface area contributed by atoms with Crippen LogP contribution in [-0.4, -0.2) is 32.1 Å². The maximum absolute atomic E-state index is 13.1. The Morgan fingerprint density at radius 1 is 1.30 bits per heavy atom. The van der Waals surface area contributed by atoms with Gasteiger partial charge in [-0.3, -0.25) is 14.5 Å². The lowest BCUT2D eigenvalue weighted by molar-refractivity contribution is 0.0594. The van der Waals surface area contributed by atoms with E-state index in [9.17, 15) is 4.79 Å². The lowest BCUT2D eigenvalue weighted by atomic mass is 9.98.